The van der Waals surface area contributed by atoms with E-state index < -0.39 is 7.05 Å². The summed E-state index contributed by atoms with van der Waals surface area (Å²) in [4.78, 5) is 0. The topological polar surface area (TPSA) is 52.8 Å². The average molecular weight is 422 g/mol. The molecule has 0 heterocycles. The van der Waals surface area contributed by atoms with Crippen LogP contribution in [0.25, 0.3) is 0 Å². The van der Waals surface area contributed by atoms with E-state index in [1.54, 1.807) is 0 Å². The van der Waals surface area contributed by atoms with Gasteiger partial charge in [-0.05, 0) is 86.8 Å². The van der Waals surface area contributed by atoms with E-state index in [0.29, 0.717) is 11.5 Å². The zero-order valence-electron chi connectivity index (χ0n) is 18.6. The number of rotatable bonds is 6. The summed E-state index contributed by atoms with van der Waals surface area (Å²) < 4.78 is 5.35. The fraction of sp³-hybridized carbons (Fsp3) is 0.308. The number of benzene rings is 3. The molecule has 0 aliphatic heterocycles. The molecular weight excluding hydrogens is 389 g/mol. The average Bonchev–Trinajstić information content (AvgIpc) is 2.71. The number of hydrogen-bond donors (Lipinski definition) is 2. The molecule has 0 spiro atoms. The van der Waals surface area contributed by atoms with Gasteiger partial charge in [-0.15, -0.1) is 0 Å². The number of aromatic hydroxyl groups is 2. The van der Waals surface area contributed by atoms with E-state index in [0.717, 1.165) is 57.6 Å². The van der Waals surface area contributed by atoms with Crippen LogP contribution in [0.15, 0.2) is 59.3 Å². The highest BCUT2D eigenvalue weighted by Gasteiger charge is 2.31. The Morgan fingerprint density at radius 1 is 0.767 bits per heavy atom. The molecule has 0 bridgehead atoms. The molecule has 0 saturated carbocycles. The summed E-state index contributed by atoms with van der Waals surface area (Å²) in [6.45, 7) is 10.1. The molecule has 4 heteroatoms. The minimum atomic E-state index is -2.50. The van der Waals surface area contributed by atoms with Crippen molar-refractivity contribution in [1.29, 1.82) is 0 Å². The molecule has 0 radical (unpaired) electrons. The predicted octanol–water partition coefficient (Wildman–Crippen LogP) is 6.62. The lowest BCUT2D eigenvalue weighted by Gasteiger charge is -2.29. The normalized spacial score (nSPS) is 11.5. The Bertz CT molecular complexity index is 1040. The van der Waals surface area contributed by atoms with E-state index in [1.165, 1.54) is 0 Å². The van der Waals surface area contributed by atoms with Crippen LogP contribution in [-0.4, -0.2) is 16.4 Å². The molecule has 30 heavy (non-hydrogen) atoms. The number of phenolic OH excluding ortho intramolecular Hbond substituents is 2. The van der Waals surface area contributed by atoms with Crippen LogP contribution in [0.2, 0.25) is 0 Å². The highest BCUT2D eigenvalue weighted by Crippen LogP contribution is 2.55. The number of phenols is 2. The van der Waals surface area contributed by atoms with Crippen LogP contribution in [0.4, 0.5) is 5.69 Å². The van der Waals surface area contributed by atoms with Gasteiger partial charge in [-0.3, -0.25) is 4.74 Å². The van der Waals surface area contributed by atoms with Gasteiger partial charge in [-0.2, -0.15) is 0 Å². The van der Waals surface area contributed by atoms with Gasteiger partial charge in [0.05, 0.1) is 5.69 Å². The van der Waals surface area contributed by atoms with E-state index in [-0.39, 0.29) is 0 Å². The maximum Gasteiger partial charge on any atom is 0.127 e. The van der Waals surface area contributed by atoms with E-state index >= 15 is 0 Å². The molecule has 0 amide bonds. The van der Waals surface area contributed by atoms with Crippen molar-refractivity contribution in [3.63, 3.8) is 0 Å². The van der Waals surface area contributed by atoms with Crippen molar-refractivity contribution in [2.45, 2.75) is 47.5 Å². The van der Waals surface area contributed by atoms with E-state index in [1.807, 2.05) is 70.2 Å². The minimum absolute atomic E-state index is 0.295. The van der Waals surface area contributed by atoms with Crippen molar-refractivity contribution < 1.29 is 10.2 Å². The Balaban J connectivity index is 2.51. The summed E-state index contributed by atoms with van der Waals surface area (Å²) in [6, 6.07) is 18.1. The lowest BCUT2D eigenvalue weighted by Crippen LogP contribution is -2.21. The van der Waals surface area contributed by atoms with Gasteiger partial charge < -0.3 is 10.2 Å². The Kier molecular flexibility index (Phi) is 6.73. The largest absolute Gasteiger partial charge is 0.507 e. The van der Waals surface area contributed by atoms with Crippen LogP contribution in [-0.2, 0) is 0 Å². The zero-order valence-corrected chi connectivity index (χ0v) is 19.5. The monoisotopic (exact) mass is 421 g/mol. The minimum Gasteiger partial charge on any atom is -0.507 e. The number of unbranched alkanes of at least 4 members (excludes halogenated alkanes) is 1. The lowest BCUT2D eigenvalue weighted by molar-refractivity contribution is 0.474. The molecule has 3 aromatic carbocycles. The Morgan fingerprint density at radius 3 is 1.73 bits per heavy atom. The van der Waals surface area contributed by atoms with Crippen molar-refractivity contribution in [3.8, 4) is 11.5 Å². The first-order chi connectivity index (χ1) is 14.3. The third-order valence-electron chi connectivity index (χ3n) is 5.52. The Hall–Kier alpha value is -2.51. The van der Waals surface area contributed by atoms with Gasteiger partial charge in [0.15, 0.2) is 0 Å². The van der Waals surface area contributed by atoms with Crippen molar-refractivity contribution in [2.24, 2.45) is 4.74 Å². The molecule has 3 aromatic rings. The van der Waals surface area contributed by atoms with Gasteiger partial charge in [0, 0.05) is 17.7 Å². The smallest absolute Gasteiger partial charge is 0.127 e. The summed E-state index contributed by atoms with van der Waals surface area (Å²) in [5.74, 6) is 0.589. The molecule has 0 atom stereocenters. The third kappa shape index (κ3) is 4.32. The van der Waals surface area contributed by atoms with Gasteiger partial charge in [-0.1, -0.05) is 43.7 Å². The SMILES string of the molecule is CCCCP(=Nc1ccccc1)(c1cc(C)cc(C)c1O)c1cc(C)cc(C)c1O. The van der Waals surface area contributed by atoms with Crippen LogP contribution < -0.4 is 10.6 Å². The molecule has 158 valence electrons. The third-order valence-corrected chi connectivity index (χ3v) is 9.34. The molecule has 2 N–H and O–H groups in total. The quantitative estimate of drug-likeness (QED) is 0.440. The Morgan fingerprint density at radius 2 is 1.27 bits per heavy atom. The maximum atomic E-state index is 11.2. The van der Waals surface area contributed by atoms with Crippen LogP contribution in [0.1, 0.15) is 42.0 Å². The van der Waals surface area contributed by atoms with Crippen LogP contribution in [0, 0.1) is 27.7 Å². The van der Waals surface area contributed by atoms with Gasteiger partial charge in [0.25, 0.3) is 0 Å². The second kappa shape index (κ2) is 9.10. The summed E-state index contributed by atoms with van der Waals surface area (Å²) in [7, 11) is -2.50. The lowest BCUT2D eigenvalue weighted by atomic mass is 10.1. The second-order valence-electron chi connectivity index (χ2n) is 8.18. The fourth-order valence-electron chi connectivity index (χ4n) is 4.05. The first-order valence-electron chi connectivity index (χ1n) is 10.6. The van der Waals surface area contributed by atoms with Crippen LogP contribution in [0.5, 0.6) is 11.5 Å². The van der Waals surface area contributed by atoms with Gasteiger partial charge in [-0.25, -0.2) is 0 Å². The summed E-state index contributed by atoms with van der Waals surface area (Å²) in [6.07, 6.45) is 2.78. The Labute approximate surface area is 180 Å². The number of aryl methyl sites for hydroxylation is 4. The van der Waals surface area contributed by atoms with Gasteiger partial charge >= 0.3 is 0 Å². The van der Waals surface area contributed by atoms with Crippen molar-refractivity contribution in [2.75, 3.05) is 6.16 Å². The fourth-order valence-corrected chi connectivity index (χ4v) is 8.29. The molecular formula is C26H32NO2P. The molecule has 0 unspecified atom stereocenters. The molecule has 0 aliphatic carbocycles. The molecule has 3 rings (SSSR count). The van der Waals surface area contributed by atoms with Crippen LogP contribution in [0.3, 0.4) is 0 Å². The van der Waals surface area contributed by atoms with E-state index in [2.05, 4.69) is 19.1 Å². The summed E-state index contributed by atoms with van der Waals surface area (Å²) >= 11 is 0. The standard InChI is InChI=1S/C26H32NO2P/c1-6-7-13-30(27-22-11-9-8-10-12-22,23-16-18(2)14-20(4)25(23)28)24-17-19(3)15-21(5)26(24)29/h8-12,14-17,28-29H,6-7,13H2,1-5H3. The first kappa shape index (κ1) is 22.2. The van der Waals surface area contributed by atoms with Crippen molar-refractivity contribution in [3.05, 3.63) is 76.9 Å². The predicted molar refractivity (Wildman–Crippen MR) is 130 cm³/mol. The first-order valence-corrected chi connectivity index (χ1v) is 12.5. The summed E-state index contributed by atoms with van der Waals surface area (Å²) in [5.41, 5.74) is 4.75. The molecule has 3 nitrogen and oxygen atoms in total. The zero-order chi connectivity index (χ0) is 21.9. The van der Waals surface area contributed by atoms with Crippen LogP contribution >= 0.6 is 7.05 Å². The summed E-state index contributed by atoms with van der Waals surface area (Å²) in [5, 5.41) is 24.1. The highest BCUT2D eigenvalue weighted by molar-refractivity contribution is 7.81. The van der Waals surface area contributed by atoms with Crippen molar-refractivity contribution >= 4 is 23.4 Å². The maximum absolute atomic E-state index is 11.2. The molecule has 0 fully saturated rings. The van der Waals surface area contributed by atoms with E-state index in [9.17, 15) is 10.2 Å². The number of hydrogen-bond acceptors (Lipinski definition) is 3. The van der Waals surface area contributed by atoms with Crippen molar-refractivity contribution in [1.82, 2.24) is 0 Å². The molecule has 0 saturated heterocycles. The van der Waals surface area contributed by atoms with E-state index in [4.69, 9.17) is 4.74 Å². The second-order valence-corrected chi connectivity index (χ2v) is 11.3. The number of nitrogens with zero attached hydrogens (tertiary/aromatic N) is 1. The molecule has 0 aliphatic rings. The van der Waals surface area contributed by atoms with Gasteiger partial charge in [0.1, 0.15) is 11.5 Å². The van der Waals surface area contributed by atoms with Gasteiger partial charge in [0.2, 0.25) is 0 Å². The highest BCUT2D eigenvalue weighted by atomic mass is 31.2. The molecule has 0 aromatic heterocycles.